The van der Waals surface area contributed by atoms with Crippen molar-refractivity contribution in [3.8, 4) is 0 Å². The van der Waals surface area contributed by atoms with Crippen LogP contribution in [0.3, 0.4) is 0 Å². The number of carbonyl (C=O) groups is 3. The highest BCUT2D eigenvalue weighted by Crippen LogP contribution is 2.38. The van der Waals surface area contributed by atoms with Gasteiger partial charge in [0.25, 0.3) is 0 Å². The smallest absolute Gasteiger partial charge is 0.341 e. The number of fused-ring (bicyclic) bond motifs is 1. The summed E-state index contributed by atoms with van der Waals surface area (Å²) in [6.07, 6.45) is 19.8. The summed E-state index contributed by atoms with van der Waals surface area (Å²) in [6, 6.07) is -0.897. The second-order valence-electron chi connectivity index (χ2n) is 11.6. The maximum absolute atomic E-state index is 13.4. The van der Waals surface area contributed by atoms with Crippen LogP contribution >= 0.6 is 11.3 Å². The molecule has 1 aromatic rings. The normalized spacial score (nSPS) is 16.2. The van der Waals surface area contributed by atoms with Crippen LogP contribution in [0.4, 0.5) is 9.80 Å². The van der Waals surface area contributed by atoms with Crippen LogP contribution in [0.15, 0.2) is 0 Å². The van der Waals surface area contributed by atoms with Gasteiger partial charge < -0.3 is 15.4 Å². The quantitative estimate of drug-likeness (QED) is 0.124. The van der Waals surface area contributed by atoms with Crippen molar-refractivity contribution in [3.05, 3.63) is 16.0 Å². The van der Waals surface area contributed by atoms with Crippen molar-refractivity contribution in [2.45, 2.75) is 135 Å². The van der Waals surface area contributed by atoms with Crippen LogP contribution in [0.25, 0.3) is 0 Å². The number of carbonyl (C=O) groups excluding carboxylic acids is 3. The zero-order valence-corrected chi connectivity index (χ0v) is 25.9. The van der Waals surface area contributed by atoms with E-state index in [1.165, 1.54) is 69.1 Å². The first kappa shape index (κ1) is 32.6. The third kappa shape index (κ3) is 10.5. The van der Waals surface area contributed by atoms with Crippen LogP contribution in [0.5, 0.6) is 0 Å². The lowest BCUT2D eigenvalue weighted by molar-refractivity contribution is -0.122. The van der Waals surface area contributed by atoms with Crippen LogP contribution < -0.4 is 16.0 Å². The molecule has 2 aliphatic rings. The van der Waals surface area contributed by atoms with Crippen LogP contribution in [0, 0.1) is 5.92 Å². The Morgan fingerprint density at radius 1 is 0.900 bits per heavy atom. The van der Waals surface area contributed by atoms with Gasteiger partial charge >= 0.3 is 12.0 Å². The predicted octanol–water partition coefficient (Wildman–Crippen LogP) is 7.56. The molecule has 40 heavy (non-hydrogen) atoms. The van der Waals surface area contributed by atoms with Gasteiger partial charge in [0.05, 0.1) is 18.2 Å². The van der Waals surface area contributed by atoms with Gasteiger partial charge in [0, 0.05) is 11.3 Å². The zero-order valence-electron chi connectivity index (χ0n) is 25.0. The summed E-state index contributed by atoms with van der Waals surface area (Å²) in [5, 5.41) is 9.88. The maximum Gasteiger partial charge on any atom is 0.341 e. The molecule has 1 atom stereocenters. The molecule has 226 valence electrons. The number of amides is 2. The largest absolute Gasteiger partial charge is 0.462 e. The molecular formula is C32H53N3O4S. The molecule has 0 bridgehead atoms. The highest BCUT2D eigenvalue weighted by molar-refractivity contribution is 7.17. The number of rotatable bonds is 18. The maximum atomic E-state index is 13.4. The van der Waals surface area contributed by atoms with Crippen molar-refractivity contribution in [3.63, 3.8) is 0 Å². The first-order valence-corrected chi connectivity index (χ1v) is 17.0. The van der Waals surface area contributed by atoms with Crippen LogP contribution in [-0.2, 0) is 22.4 Å². The summed E-state index contributed by atoms with van der Waals surface area (Å²) in [5.41, 5.74) is 1.52. The number of hydrogen-bond donors (Lipinski definition) is 3. The number of aryl methyl sites for hydroxylation is 1. The number of unbranched alkanes of at least 4 members (excludes halogenated alkanes) is 10. The summed E-state index contributed by atoms with van der Waals surface area (Å²) < 4.78 is 5.33. The van der Waals surface area contributed by atoms with E-state index in [1.54, 1.807) is 6.92 Å². The minimum atomic E-state index is -0.495. The van der Waals surface area contributed by atoms with Crippen LogP contribution in [0.2, 0.25) is 0 Å². The number of ether oxygens (including phenoxy) is 1. The number of urea groups is 1. The Kier molecular flexibility index (Phi) is 15.1. The molecule has 1 aromatic heterocycles. The molecule has 3 rings (SSSR count). The molecular weight excluding hydrogens is 522 g/mol. The first-order chi connectivity index (χ1) is 19.5. The number of nitrogens with one attached hydrogen (secondary N) is 3. The summed E-state index contributed by atoms with van der Waals surface area (Å²) in [7, 11) is 0. The van der Waals surface area contributed by atoms with E-state index in [-0.39, 0.29) is 17.7 Å². The lowest BCUT2D eigenvalue weighted by Gasteiger charge is -2.30. The number of ketones is 1. The average Bonchev–Trinajstić information content (AvgIpc) is 3.32. The van der Waals surface area contributed by atoms with E-state index >= 15 is 0 Å². The number of anilines is 1. The van der Waals surface area contributed by atoms with E-state index < -0.39 is 12.1 Å². The molecule has 0 spiro atoms. The van der Waals surface area contributed by atoms with Crippen molar-refractivity contribution in [1.82, 2.24) is 10.6 Å². The third-order valence-electron chi connectivity index (χ3n) is 8.39. The Morgan fingerprint density at radius 2 is 1.52 bits per heavy atom. The van der Waals surface area contributed by atoms with E-state index in [1.807, 2.05) is 0 Å². The van der Waals surface area contributed by atoms with E-state index in [0.717, 1.165) is 74.9 Å². The molecule has 7 nitrogen and oxygen atoms in total. The van der Waals surface area contributed by atoms with Gasteiger partial charge in [0.15, 0.2) is 5.78 Å². The van der Waals surface area contributed by atoms with Gasteiger partial charge in [-0.3, -0.25) is 10.1 Å². The Hall–Kier alpha value is -1.93. The summed E-state index contributed by atoms with van der Waals surface area (Å²) in [5.74, 6) is -0.109. The van der Waals surface area contributed by atoms with Crippen molar-refractivity contribution in [2.75, 3.05) is 25.0 Å². The summed E-state index contributed by atoms with van der Waals surface area (Å²) in [4.78, 5) is 40.6. The Labute approximate surface area is 246 Å². The van der Waals surface area contributed by atoms with Gasteiger partial charge in [-0.2, -0.15) is 0 Å². The highest BCUT2D eigenvalue weighted by Gasteiger charge is 2.32. The standard InChI is InChI=1S/C32H53N3O4S/c1-3-5-6-7-8-9-10-11-12-13-14-18-26(36)29(24-20-22-33-23-21-24)34-32(38)35-30-28(31(37)39-4-2)25-17-15-16-19-27(25)40-30/h24,29,33H,3-23H2,1-2H3,(H2,34,35,38). The molecule has 1 aliphatic heterocycles. The first-order valence-electron chi connectivity index (χ1n) is 16.2. The number of Topliss-reactive ketones (excluding diaryl/α,β-unsaturated/α-hetero) is 1. The van der Waals surface area contributed by atoms with Gasteiger partial charge in [-0.05, 0) is 76.4 Å². The molecule has 1 saturated heterocycles. The van der Waals surface area contributed by atoms with E-state index in [9.17, 15) is 14.4 Å². The molecule has 1 aliphatic carbocycles. The minimum Gasteiger partial charge on any atom is -0.462 e. The summed E-state index contributed by atoms with van der Waals surface area (Å²) in [6.45, 7) is 6.06. The molecule has 0 saturated carbocycles. The van der Waals surface area contributed by atoms with Crippen molar-refractivity contribution >= 4 is 34.1 Å². The number of hydrogen-bond acceptors (Lipinski definition) is 6. The number of esters is 1. The number of piperidine rings is 1. The second-order valence-corrected chi connectivity index (χ2v) is 12.7. The predicted molar refractivity (Wildman–Crippen MR) is 165 cm³/mol. The van der Waals surface area contributed by atoms with Gasteiger partial charge in [0.2, 0.25) is 0 Å². The van der Waals surface area contributed by atoms with Crippen LogP contribution in [0.1, 0.15) is 137 Å². The second kappa shape index (κ2) is 18.5. The van der Waals surface area contributed by atoms with Gasteiger partial charge in [-0.25, -0.2) is 9.59 Å². The fraction of sp³-hybridized carbons (Fsp3) is 0.781. The molecule has 1 unspecified atom stereocenters. The zero-order chi connectivity index (χ0) is 28.6. The molecule has 2 amide bonds. The highest BCUT2D eigenvalue weighted by atomic mass is 32.1. The van der Waals surface area contributed by atoms with Gasteiger partial charge in [-0.15, -0.1) is 11.3 Å². The Balaban J connectivity index is 1.51. The minimum absolute atomic E-state index is 0.133. The molecule has 8 heteroatoms. The van der Waals surface area contributed by atoms with Gasteiger partial charge in [0.1, 0.15) is 5.00 Å². The Morgan fingerprint density at radius 3 is 2.17 bits per heavy atom. The molecule has 0 radical (unpaired) electrons. The van der Waals surface area contributed by atoms with E-state index in [2.05, 4.69) is 22.9 Å². The average molecular weight is 576 g/mol. The molecule has 2 heterocycles. The fourth-order valence-corrected chi connectivity index (χ4v) is 7.38. The topological polar surface area (TPSA) is 96.5 Å². The third-order valence-corrected chi connectivity index (χ3v) is 9.60. The monoisotopic (exact) mass is 575 g/mol. The van der Waals surface area contributed by atoms with Gasteiger partial charge in [-0.1, -0.05) is 71.1 Å². The fourth-order valence-electron chi connectivity index (χ4n) is 6.11. The Bertz CT molecular complexity index is 926. The van der Waals surface area contributed by atoms with E-state index in [0.29, 0.717) is 23.6 Å². The van der Waals surface area contributed by atoms with Crippen molar-refractivity contribution in [1.29, 1.82) is 0 Å². The molecule has 1 fully saturated rings. The van der Waals surface area contributed by atoms with E-state index in [4.69, 9.17) is 4.74 Å². The molecule has 3 N–H and O–H groups in total. The van der Waals surface area contributed by atoms with Crippen LogP contribution in [-0.4, -0.2) is 43.5 Å². The summed E-state index contributed by atoms with van der Waals surface area (Å²) >= 11 is 1.48. The lowest BCUT2D eigenvalue weighted by atomic mass is 9.86. The lowest BCUT2D eigenvalue weighted by Crippen LogP contribution is -2.50. The SMILES string of the molecule is CCCCCCCCCCCCCC(=O)C(NC(=O)Nc1sc2c(c1C(=O)OCC)CCCC2)C1CCNCC1. The van der Waals surface area contributed by atoms with Crippen molar-refractivity contribution < 1.29 is 19.1 Å². The molecule has 0 aromatic carbocycles. The number of thiophene rings is 1. The van der Waals surface area contributed by atoms with Crippen molar-refractivity contribution in [2.24, 2.45) is 5.92 Å².